The van der Waals surface area contributed by atoms with Crippen LogP contribution in [0.5, 0.6) is 0 Å². The summed E-state index contributed by atoms with van der Waals surface area (Å²) in [6.07, 6.45) is -2.56. The molecular weight excluding hydrogens is 240 g/mol. The zero-order chi connectivity index (χ0) is 14.1. The maximum Gasteiger partial charge on any atom is 0.410 e. The number of likely N-dealkylation sites (N-methyl/N-ethyl adjacent to an activating group) is 1. The van der Waals surface area contributed by atoms with Crippen LogP contribution in [0.1, 0.15) is 20.8 Å². The number of hydrogen-bond acceptors (Lipinski definition) is 4. The number of likely N-dealkylation sites (tertiary alicyclic amines) is 1. The molecular formula is C11H20N2O5. The van der Waals surface area contributed by atoms with E-state index in [1.54, 1.807) is 20.8 Å². The minimum absolute atomic E-state index is 0.00708. The van der Waals surface area contributed by atoms with Crippen molar-refractivity contribution in [2.24, 2.45) is 0 Å². The van der Waals surface area contributed by atoms with E-state index in [2.05, 4.69) is 0 Å². The maximum absolute atomic E-state index is 11.8. The highest BCUT2D eigenvalue weighted by molar-refractivity contribution is 5.69. The number of aliphatic hydroxyl groups excluding tert-OH is 1. The molecule has 2 atom stereocenters. The molecule has 0 aromatic rings. The molecule has 0 aliphatic carbocycles. The van der Waals surface area contributed by atoms with Crippen LogP contribution in [0.25, 0.3) is 0 Å². The third-order valence-corrected chi connectivity index (χ3v) is 2.71. The van der Waals surface area contributed by atoms with Crippen LogP contribution < -0.4 is 0 Å². The highest BCUT2D eigenvalue weighted by atomic mass is 16.6. The van der Waals surface area contributed by atoms with Crippen LogP contribution in [0.4, 0.5) is 9.59 Å². The van der Waals surface area contributed by atoms with Crippen molar-refractivity contribution in [3.63, 3.8) is 0 Å². The van der Waals surface area contributed by atoms with Gasteiger partial charge < -0.3 is 24.7 Å². The van der Waals surface area contributed by atoms with Crippen molar-refractivity contribution >= 4 is 12.2 Å². The average Bonchev–Trinajstić information content (AvgIpc) is 2.56. The second-order valence-electron chi connectivity index (χ2n) is 5.41. The van der Waals surface area contributed by atoms with E-state index in [0.29, 0.717) is 0 Å². The zero-order valence-electron chi connectivity index (χ0n) is 11.1. The van der Waals surface area contributed by atoms with E-state index >= 15 is 0 Å². The van der Waals surface area contributed by atoms with E-state index in [9.17, 15) is 14.7 Å². The van der Waals surface area contributed by atoms with Crippen molar-refractivity contribution in [3.8, 4) is 0 Å². The summed E-state index contributed by atoms with van der Waals surface area (Å²) in [7, 11) is 1.49. The summed E-state index contributed by atoms with van der Waals surface area (Å²) in [4.78, 5) is 24.9. The molecule has 0 aromatic carbocycles. The van der Waals surface area contributed by atoms with Gasteiger partial charge in [-0.25, -0.2) is 9.59 Å². The quantitative estimate of drug-likeness (QED) is 0.719. The maximum atomic E-state index is 11.8. The summed E-state index contributed by atoms with van der Waals surface area (Å²) in [5, 5.41) is 18.6. The van der Waals surface area contributed by atoms with Gasteiger partial charge in [-0.1, -0.05) is 0 Å². The topological polar surface area (TPSA) is 90.3 Å². The molecule has 18 heavy (non-hydrogen) atoms. The van der Waals surface area contributed by atoms with Gasteiger partial charge in [0, 0.05) is 13.6 Å². The van der Waals surface area contributed by atoms with Gasteiger partial charge in [-0.05, 0) is 20.8 Å². The molecule has 1 aliphatic heterocycles. The number of carbonyl (C=O) groups is 2. The number of carboxylic acid groups (broad SMARTS) is 1. The number of nitrogens with zero attached hydrogens (tertiary/aromatic N) is 2. The summed E-state index contributed by atoms with van der Waals surface area (Å²) < 4.78 is 5.17. The van der Waals surface area contributed by atoms with Gasteiger partial charge >= 0.3 is 12.2 Å². The number of carbonyl (C=O) groups excluding carboxylic acids is 1. The van der Waals surface area contributed by atoms with E-state index in [1.165, 1.54) is 11.9 Å². The highest BCUT2D eigenvalue weighted by Gasteiger charge is 2.39. The Morgan fingerprint density at radius 3 is 2.28 bits per heavy atom. The van der Waals surface area contributed by atoms with E-state index in [4.69, 9.17) is 9.84 Å². The van der Waals surface area contributed by atoms with Gasteiger partial charge in [-0.15, -0.1) is 0 Å². The summed E-state index contributed by atoms with van der Waals surface area (Å²) in [5.41, 5.74) is -0.624. The van der Waals surface area contributed by atoms with Crippen LogP contribution >= 0.6 is 0 Å². The van der Waals surface area contributed by atoms with Crippen molar-refractivity contribution in [1.29, 1.82) is 0 Å². The standard InChI is InChI=1S/C11H20N2O5/c1-11(2,3)18-10(17)12(4)7-5-13(9(15)16)6-8(7)14/h7-8,14H,5-6H2,1-4H3,(H,15,16). The number of amides is 2. The van der Waals surface area contributed by atoms with Gasteiger partial charge in [0.1, 0.15) is 5.60 Å². The van der Waals surface area contributed by atoms with Gasteiger partial charge in [-0.2, -0.15) is 0 Å². The van der Waals surface area contributed by atoms with Crippen LogP contribution in [0.2, 0.25) is 0 Å². The molecule has 1 saturated heterocycles. The monoisotopic (exact) mass is 260 g/mol. The molecule has 104 valence electrons. The molecule has 1 fully saturated rings. The normalized spacial score (nSPS) is 23.9. The molecule has 0 aromatic heterocycles. The first kappa shape index (κ1) is 14.6. The van der Waals surface area contributed by atoms with E-state index in [0.717, 1.165) is 4.90 Å². The molecule has 7 heteroatoms. The van der Waals surface area contributed by atoms with Gasteiger partial charge in [0.25, 0.3) is 0 Å². The molecule has 1 heterocycles. The predicted molar refractivity (Wildman–Crippen MR) is 63.4 cm³/mol. The van der Waals surface area contributed by atoms with Crippen LogP contribution in [0, 0.1) is 0 Å². The Hall–Kier alpha value is -1.50. The zero-order valence-corrected chi connectivity index (χ0v) is 11.1. The van der Waals surface area contributed by atoms with Gasteiger partial charge in [0.2, 0.25) is 0 Å². The summed E-state index contributed by atoms with van der Waals surface area (Å²) in [6.45, 7) is 5.33. The Morgan fingerprint density at radius 2 is 1.89 bits per heavy atom. The van der Waals surface area contributed by atoms with Crippen molar-refractivity contribution in [1.82, 2.24) is 9.80 Å². The van der Waals surface area contributed by atoms with Crippen molar-refractivity contribution in [2.75, 3.05) is 20.1 Å². The van der Waals surface area contributed by atoms with Crippen LogP contribution in [-0.4, -0.2) is 70.1 Å². The minimum atomic E-state index is -1.10. The lowest BCUT2D eigenvalue weighted by atomic mass is 10.2. The second-order valence-corrected chi connectivity index (χ2v) is 5.41. The second kappa shape index (κ2) is 5.01. The summed E-state index contributed by atoms with van der Waals surface area (Å²) in [6, 6.07) is -0.573. The van der Waals surface area contributed by atoms with Gasteiger partial charge in [0.05, 0.1) is 18.7 Å². The molecule has 1 aliphatic rings. The number of aliphatic hydroxyl groups is 1. The lowest BCUT2D eigenvalue weighted by Crippen LogP contribution is -2.46. The fourth-order valence-electron chi connectivity index (χ4n) is 1.78. The summed E-state index contributed by atoms with van der Waals surface area (Å²) in [5.74, 6) is 0. The Balaban J connectivity index is 2.65. The first-order valence-corrected chi connectivity index (χ1v) is 5.73. The van der Waals surface area contributed by atoms with Gasteiger partial charge in [-0.3, -0.25) is 0 Å². The largest absolute Gasteiger partial charge is 0.465 e. The van der Waals surface area contributed by atoms with E-state index in [-0.39, 0.29) is 13.1 Å². The molecule has 2 N–H and O–H groups in total. The molecule has 2 unspecified atom stereocenters. The van der Waals surface area contributed by atoms with Crippen LogP contribution in [0.3, 0.4) is 0 Å². The van der Waals surface area contributed by atoms with Crippen molar-refractivity contribution in [3.05, 3.63) is 0 Å². The first-order chi connectivity index (χ1) is 8.11. The fourth-order valence-corrected chi connectivity index (χ4v) is 1.78. The number of ether oxygens (including phenoxy) is 1. The van der Waals surface area contributed by atoms with Crippen LogP contribution in [0.15, 0.2) is 0 Å². The lowest BCUT2D eigenvalue weighted by molar-refractivity contribution is 0.0112. The third-order valence-electron chi connectivity index (χ3n) is 2.71. The predicted octanol–water partition coefficient (Wildman–Crippen LogP) is 0.576. The van der Waals surface area contributed by atoms with Gasteiger partial charge in [0.15, 0.2) is 0 Å². The third kappa shape index (κ3) is 3.49. The molecule has 0 radical (unpaired) electrons. The number of rotatable bonds is 1. The molecule has 0 bridgehead atoms. The van der Waals surface area contributed by atoms with E-state index < -0.39 is 29.9 Å². The molecule has 7 nitrogen and oxygen atoms in total. The molecule has 1 rings (SSSR count). The molecule has 2 amide bonds. The lowest BCUT2D eigenvalue weighted by Gasteiger charge is -2.29. The minimum Gasteiger partial charge on any atom is -0.465 e. The Morgan fingerprint density at radius 1 is 1.33 bits per heavy atom. The van der Waals surface area contributed by atoms with Crippen molar-refractivity contribution in [2.45, 2.75) is 38.5 Å². The Labute approximate surface area is 106 Å². The smallest absolute Gasteiger partial charge is 0.410 e. The first-order valence-electron chi connectivity index (χ1n) is 5.73. The Kier molecular flexibility index (Phi) is 4.05. The van der Waals surface area contributed by atoms with E-state index in [1.807, 2.05) is 0 Å². The number of β-amino-alcohol motifs (C(OH)–C–C–N with tert-alkyl or cyclic N) is 1. The Bertz CT molecular complexity index is 339. The average molecular weight is 260 g/mol. The van der Waals surface area contributed by atoms with Crippen molar-refractivity contribution < 1.29 is 24.5 Å². The molecule has 0 spiro atoms. The number of hydrogen-bond donors (Lipinski definition) is 2. The van der Waals surface area contributed by atoms with Crippen LogP contribution in [-0.2, 0) is 4.74 Å². The molecule has 0 saturated carbocycles. The highest BCUT2D eigenvalue weighted by Crippen LogP contribution is 2.18. The summed E-state index contributed by atoms with van der Waals surface area (Å²) >= 11 is 0. The SMILES string of the molecule is CN(C(=O)OC(C)(C)C)C1CN(C(=O)O)CC1O. The fraction of sp³-hybridized carbons (Fsp3) is 0.818.